The van der Waals surface area contributed by atoms with E-state index in [0.717, 1.165) is 56.3 Å². The van der Waals surface area contributed by atoms with Crippen molar-refractivity contribution in [2.75, 3.05) is 14.2 Å². The topological polar surface area (TPSA) is 61.5 Å². The van der Waals surface area contributed by atoms with Crippen molar-refractivity contribution in [3.05, 3.63) is 46.0 Å². The van der Waals surface area contributed by atoms with Gasteiger partial charge in [0.25, 0.3) is 0 Å². The average Bonchev–Trinajstić information content (AvgIpc) is 2.85. The summed E-state index contributed by atoms with van der Waals surface area (Å²) >= 11 is 0. The highest BCUT2D eigenvalue weighted by Crippen LogP contribution is 2.34. The minimum Gasteiger partial charge on any atom is -0.497 e. The Morgan fingerprint density at radius 3 is 2.19 bits per heavy atom. The van der Waals surface area contributed by atoms with Gasteiger partial charge in [-0.2, -0.15) is 0 Å². The van der Waals surface area contributed by atoms with Gasteiger partial charge in [-0.1, -0.05) is 5.16 Å². The maximum atomic E-state index is 5.42. The van der Waals surface area contributed by atoms with E-state index in [4.69, 9.17) is 14.6 Å². The van der Waals surface area contributed by atoms with Gasteiger partial charge in [-0.3, -0.25) is 4.57 Å². The minimum atomic E-state index is 0.700. The first-order chi connectivity index (χ1) is 12.8. The summed E-state index contributed by atoms with van der Waals surface area (Å²) in [5, 5.41) is 5.10. The Bertz CT molecular complexity index is 1040. The van der Waals surface area contributed by atoms with E-state index >= 15 is 0 Å². The van der Waals surface area contributed by atoms with E-state index in [-0.39, 0.29) is 0 Å². The molecule has 3 rings (SSSR count). The normalized spacial score (nSPS) is 11.9. The number of nitrogens with zero attached hydrogens (tertiary/aromatic N) is 4. The molecule has 2 aromatic heterocycles. The molecule has 0 spiro atoms. The molecule has 3 aromatic rings. The zero-order valence-electron chi connectivity index (χ0n) is 17.3. The van der Waals surface area contributed by atoms with Crippen LogP contribution in [0.1, 0.15) is 40.8 Å². The molecule has 0 aliphatic rings. The Morgan fingerprint density at radius 1 is 1.00 bits per heavy atom. The molecular formula is C21H26N4O2. The van der Waals surface area contributed by atoms with Crippen LogP contribution in [0.25, 0.3) is 16.7 Å². The summed E-state index contributed by atoms with van der Waals surface area (Å²) in [4.78, 5) is 14.4. The molecule has 0 atom stereocenters. The van der Waals surface area contributed by atoms with Crippen molar-refractivity contribution in [3.8, 4) is 11.4 Å². The molecule has 142 valence electrons. The van der Waals surface area contributed by atoms with E-state index in [0.29, 0.717) is 5.82 Å². The zero-order chi connectivity index (χ0) is 19.9. The molecule has 27 heavy (non-hydrogen) atoms. The molecule has 0 bridgehead atoms. The lowest BCUT2D eigenvalue weighted by Crippen LogP contribution is -2.07. The fourth-order valence-electron chi connectivity index (χ4n) is 3.67. The maximum absolute atomic E-state index is 5.42. The first-order valence-corrected chi connectivity index (χ1v) is 8.90. The van der Waals surface area contributed by atoms with Crippen molar-refractivity contribution in [1.82, 2.24) is 14.5 Å². The Kier molecular flexibility index (Phi) is 4.91. The quantitative estimate of drug-likeness (QED) is 0.509. The minimum absolute atomic E-state index is 0.700. The highest BCUT2D eigenvalue weighted by atomic mass is 16.6. The highest BCUT2D eigenvalue weighted by Gasteiger charge is 2.22. The highest BCUT2D eigenvalue weighted by molar-refractivity contribution is 6.08. The average molecular weight is 366 g/mol. The first kappa shape index (κ1) is 18.9. The summed E-state index contributed by atoms with van der Waals surface area (Å²) < 4.78 is 7.64. The van der Waals surface area contributed by atoms with Gasteiger partial charge in [0, 0.05) is 5.69 Å². The van der Waals surface area contributed by atoms with E-state index in [1.54, 1.807) is 14.2 Å². The van der Waals surface area contributed by atoms with Gasteiger partial charge in [-0.05, 0) is 70.4 Å². The Labute approximate surface area is 159 Å². The molecule has 0 aliphatic carbocycles. The van der Waals surface area contributed by atoms with Gasteiger partial charge in [0.05, 0.1) is 18.2 Å². The summed E-state index contributed by atoms with van der Waals surface area (Å²) in [5.74, 6) is 1.56. The van der Waals surface area contributed by atoms with Crippen molar-refractivity contribution >= 4 is 16.7 Å². The molecule has 0 radical (unpaired) electrons. The van der Waals surface area contributed by atoms with Crippen LogP contribution in [0.3, 0.4) is 0 Å². The third-order valence-electron chi connectivity index (χ3n) is 4.96. The molecule has 0 N–H and O–H groups in total. The van der Waals surface area contributed by atoms with Crippen molar-refractivity contribution in [3.63, 3.8) is 0 Å². The van der Waals surface area contributed by atoms with E-state index in [1.165, 1.54) is 0 Å². The van der Waals surface area contributed by atoms with E-state index in [2.05, 4.69) is 54.5 Å². The Hall–Kier alpha value is -2.89. The van der Waals surface area contributed by atoms with Gasteiger partial charge >= 0.3 is 0 Å². The number of hydrogen-bond donors (Lipinski definition) is 0. The first-order valence-electron chi connectivity index (χ1n) is 8.90. The molecule has 0 saturated carbocycles. The molecule has 1 aromatic carbocycles. The molecule has 0 fully saturated rings. The van der Waals surface area contributed by atoms with Crippen LogP contribution in [0.2, 0.25) is 0 Å². The Morgan fingerprint density at radius 2 is 1.63 bits per heavy atom. The lowest BCUT2D eigenvalue weighted by molar-refractivity contribution is 0.213. The number of rotatable bonds is 4. The second-order valence-corrected chi connectivity index (χ2v) is 6.83. The van der Waals surface area contributed by atoms with Crippen molar-refractivity contribution in [2.24, 2.45) is 5.16 Å². The third-order valence-corrected chi connectivity index (χ3v) is 4.96. The lowest BCUT2D eigenvalue weighted by Gasteiger charge is -2.16. The number of ether oxygens (including phenoxy) is 1. The lowest BCUT2D eigenvalue weighted by atomic mass is 10.1. The summed E-state index contributed by atoms with van der Waals surface area (Å²) in [6.07, 6.45) is 0. The smallest absolute Gasteiger partial charge is 0.149 e. The summed E-state index contributed by atoms with van der Waals surface area (Å²) in [6.45, 7) is 12.2. The number of aryl methyl sites for hydroxylation is 4. The Balaban J connectivity index is 2.44. The van der Waals surface area contributed by atoms with Crippen LogP contribution in [-0.4, -0.2) is 34.5 Å². The van der Waals surface area contributed by atoms with Crippen LogP contribution in [0, 0.1) is 34.6 Å². The van der Waals surface area contributed by atoms with E-state index in [9.17, 15) is 0 Å². The van der Waals surface area contributed by atoms with Gasteiger partial charge < -0.3 is 9.57 Å². The number of oxime groups is 1. The van der Waals surface area contributed by atoms with Crippen LogP contribution in [0.4, 0.5) is 0 Å². The van der Waals surface area contributed by atoms with Crippen LogP contribution in [0.15, 0.2) is 17.3 Å². The van der Waals surface area contributed by atoms with Gasteiger partial charge in [0.1, 0.15) is 35.7 Å². The fraction of sp³-hybridized carbons (Fsp3) is 0.381. The third kappa shape index (κ3) is 3.05. The van der Waals surface area contributed by atoms with Crippen LogP contribution >= 0.6 is 0 Å². The summed E-state index contributed by atoms with van der Waals surface area (Å²) in [6, 6.07) is 4.10. The largest absolute Gasteiger partial charge is 0.497 e. The molecular weight excluding hydrogens is 340 g/mol. The van der Waals surface area contributed by atoms with Gasteiger partial charge in [-0.15, -0.1) is 0 Å². The standard InChI is InChI=1S/C21H26N4O2/c1-11-9-17(26-7)10-12(2)20(11)25-15(5)13(3)18-19(14(4)24-27-8)22-16(6)23-21(18)25/h9-10H,1-8H3/b24-14-. The summed E-state index contributed by atoms with van der Waals surface area (Å²) in [5.41, 5.74) is 8.08. The van der Waals surface area contributed by atoms with Crippen LogP contribution in [-0.2, 0) is 4.84 Å². The van der Waals surface area contributed by atoms with Gasteiger partial charge in [-0.25, -0.2) is 9.97 Å². The second-order valence-electron chi connectivity index (χ2n) is 6.83. The SMILES string of the molecule is CO/N=C(/C)c1nc(C)nc2c1c(C)c(C)n2-c1c(C)cc(OC)cc1C. The maximum Gasteiger partial charge on any atom is 0.149 e. The van der Waals surface area contributed by atoms with Crippen molar-refractivity contribution in [2.45, 2.75) is 41.5 Å². The molecule has 6 nitrogen and oxygen atoms in total. The predicted molar refractivity (Wildman–Crippen MR) is 108 cm³/mol. The summed E-state index contributed by atoms with van der Waals surface area (Å²) in [7, 11) is 3.23. The number of aromatic nitrogens is 3. The van der Waals surface area contributed by atoms with Gasteiger partial charge in [0.15, 0.2) is 0 Å². The van der Waals surface area contributed by atoms with E-state index < -0.39 is 0 Å². The van der Waals surface area contributed by atoms with Gasteiger partial charge in [0.2, 0.25) is 0 Å². The molecule has 0 unspecified atom stereocenters. The molecule has 0 amide bonds. The monoisotopic (exact) mass is 366 g/mol. The number of fused-ring (bicyclic) bond motifs is 1. The van der Waals surface area contributed by atoms with Crippen molar-refractivity contribution < 1.29 is 9.57 Å². The number of methoxy groups -OCH3 is 1. The van der Waals surface area contributed by atoms with Crippen LogP contribution < -0.4 is 4.74 Å². The van der Waals surface area contributed by atoms with E-state index in [1.807, 2.05) is 13.8 Å². The molecule has 0 aliphatic heterocycles. The number of benzene rings is 1. The van der Waals surface area contributed by atoms with Crippen molar-refractivity contribution in [1.29, 1.82) is 0 Å². The zero-order valence-corrected chi connectivity index (χ0v) is 17.3. The number of hydrogen-bond acceptors (Lipinski definition) is 5. The van der Waals surface area contributed by atoms with Crippen LogP contribution in [0.5, 0.6) is 5.75 Å². The second kappa shape index (κ2) is 7.02. The predicted octanol–water partition coefficient (Wildman–Crippen LogP) is 4.34. The fourth-order valence-corrected chi connectivity index (χ4v) is 3.67. The molecule has 2 heterocycles. The molecule has 0 saturated heterocycles. The molecule has 6 heteroatoms.